The van der Waals surface area contributed by atoms with Crippen molar-refractivity contribution in [3.63, 3.8) is 0 Å². The molecule has 14 heavy (non-hydrogen) atoms. The molecule has 3 heteroatoms. The van der Waals surface area contributed by atoms with E-state index in [-0.39, 0.29) is 12.3 Å². The van der Waals surface area contributed by atoms with Gasteiger partial charge in [0, 0.05) is 5.56 Å². The van der Waals surface area contributed by atoms with E-state index in [0.29, 0.717) is 11.1 Å². The van der Waals surface area contributed by atoms with Crippen LogP contribution in [0.4, 0.5) is 0 Å². The van der Waals surface area contributed by atoms with Gasteiger partial charge in [0.05, 0.1) is 18.2 Å². The van der Waals surface area contributed by atoms with Crippen LogP contribution in [0.1, 0.15) is 27.0 Å². The molecule has 1 aromatic rings. The van der Waals surface area contributed by atoms with Crippen molar-refractivity contribution in [2.45, 2.75) is 13.8 Å². The lowest BCUT2D eigenvalue weighted by Gasteiger charge is -2.06. The van der Waals surface area contributed by atoms with Gasteiger partial charge in [0.25, 0.3) is 0 Å². The summed E-state index contributed by atoms with van der Waals surface area (Å²) in [5.74, 6) is -0.126. The molecular weight excluding hydrogens is 176 g/mol. The van der Waals surface area contributed by atoms with Gasteiger partial charge in [0.2, 0.25) is 0 Å². The molecule has 0 unspecified atom stereocenters. The van der Waals surface area contributed by atoms with E-state index in [1.807, 2.05) is 26.0 Å². The number of carbonyl (C=O) groups excluding carboxylic acids is 1. The standard InChI is InChI=1S/C11H12N2O/c1-7-3-8(2)10(11(14)6-13)4-9(7)5-12/h3-4H,6,13H2,1-2H3. The van der Waals surface area contributed by atoms with Crippen LogP contribution in [0.2, 0.25) is 0 Å². The highest BCUT2D eigenvalue weighted by Crippen LogP contribution is 2.15. The molecule has 0 radical (unpaired) electrons. The summed E-state index contributed by atoms with van der Waals surface area (Å²) in [6.45, 7) is 3.67. The van der Waals surface area contributed by atoms with Crippen LogP contribution >= 0.6 is 0 Å². The maximum Gasteiger partial charge on any atom is 0.176 e. The molecule has 0 aromatic heterocycles. The molecular formula is C11H12N2O. The molecule has 2 N–H and O–H groups in total. The van der Waals surface area contributed by atoms with Gasteiger partial charge in [-0.05, 0) is 31.0 Å². The molecule has 0 aliphatic rings. The van der Waals surface area contributed by atoms with E-state index >= 15 is 0 Å². The lowest BCUT2D eigenvalue weighted by atomic mass is 9.98. The predicted molar refractivity (Wildman–Crippen MR) is 54.0 cm³/mol. The van der Waals surface area contributed by atoms with Crippen LogP contribution in [-0.4, -0.2) is 12.3 Å². The van der Waals surface area contributed by atoms with E-state index in [4.69, 9.17) is 11.0 Å². The number of nitrogens with two attached hydrogens (primary N) is 1. The van der Waals surface area contributed by atoms with E-state index < -0.39 is 0 Å². The fourth-order valence-corrected chi connectivity index (χ4v) is 1.38. The highest BCUT2D eigenvalue weighted by molar-refractivity contribution is 5.99. The van der Waals surface area contributed by atoms with Gasteiger partial charge in [0.1, 0.15) is 0 Å². The second kappa shape index (κ2) is 4.03. The second-order valence-electron chi connectivity index (χ2n) is 3.22. The SMILES string of the molecule is Cc1cc(C)c(C(=O)CN)cc1C#N. The van der Waals surface area contributed by atoms with E-state index in [1.165, 1.54) is 0 Å². The Kier molecular flexibility index (Phi) is 3.00. The Morgan fingerprint density at radius 2 is 2.07 bits per heavy atom. The number of rotatable bonds is 2. The van der Waals surface area contributed by atoms with Crippen LogP contribution in [0.5, 0.6) is 0 Å². The first-order valence-electron chi connectivity index (χ1n) is 4.34. The Hall–Kier alpha value is -1.66. The van der Waals surface area contributed by atoms with Crippen molar-refractivity contribution in [2.24, 2.45) is 5.73 Å². The van der Waals surface area contributed by atoms with Crippen molar-refractivity contribution in [3.8, 4) is 6.07 Å². The quantitative estimate of drug-likeness (QED) is 0.711. The zero-order chi connectivity index (χ0) is 10.7. The summed E-state index contributed by atoms with van der Waals surface area (Å²) < 4.78 is 0. The van der Waals surface area contributed by atoms with Gasteiger partial charge in [-0.25, -0.2) is 0 Å². The van der Waals surface area contributed by atoms with Gasteiger partial charge in [-0.3, -0.25) is 4.79 Å². The van der Waals surface area contributed by atoms with Crippen molar-refractivity contribution >= 4 is 5.78 Å². The van der Waals surface area contributed by atoms with Gasteiger partial charge >= 0.3 is 0 Å². The van der Waals surface area contributed by atoms with Gasteiger partial charge in [0.15, 0.2) is 5.78 Å². The zero-order valence-corrected chi connectivity index (χ0v) is 8.29. The molecule has 0 bridgehead atoms. The average Bonchev–Trinajstić information content (AvgIpc) is 2.17. The predicted octanol–water partition coefficient (Wildman–Crippen LogP) is 1.32. The normalized spacial score (nSPS) is 9.57. The highest BCUT2D eigenvalue weighted by Gasteiger charge is 2.09. The molecule has 1 rings (SSSR count). The van der Waals surface area contributed by atoms with Gasteiger partial charge in [-0.2, -0.15) is 5.26 Å². The summed E-state index contributed by atoms with van der Waals surface area (Å²) in [7, 11) is 0. The third-order valence-corrected chi connectivity index (χ3v) is 2.18. The number of Topliss-reactive ketones (excluding diaryl/α,β-unsaturated/α-hetero) is 1. The average molecular weight is 188 g/mol. The number of nitriles is 1. The number of nitrogens with zero attached hydrogens (tertiary/aromatic N) is 1. The first-order chi connectivity index (χ1) is 6.60. The number of ketones is 1. The molecule has 0 amide bonds. The summed E-state index contributed by atoms with van der Waals surface area (Å²) in [6, 6.07) is 5.49. The van der Waals surface area contributed by atoms with Crippen molar-refractivity contribution in [2.75, 3.05) is 6.54 Å². The Balaban J connectivity index is 3.33. The molecule has 0 aliphatic carbocycles. The second-order valence-corrected chi connectivity index (χ2v) is 3.22. The molecule has 0 atom stereocenters. The Morgan fingerprint density at radius 3 is 2.57 bits per heavy atom. The third-order valence-electron chi connectivity index (χ3n) is 2.18. The largest absolute Gasteiger partial charge is 0.324 e. The monoisotopic (exact) mass is 188 g/mol. The van der Waals surface area contributed by atoms with Crippen LogP contribution in [0, 0.1) is 25.2 Å². The highest BCUT2D eigenvalue weighted by atomic mass is 16.1. The summed E-state index contributed by atoms with van der Waals surface area (Å²) in [5, 5.41) is 8.80. The molecule has 0 aliphatic heterocycles. The Labute approximate surface area is 83.2 Å². The number of carbonyl (C=O) groups is 1. The lowest BCUT2D eigenvalue weighted by molar-refractivity contribution is 0.100. The smallest absolute Gasteiger partial charge is 0.176 e. The first-order valence-corrected chi connectivity index (χ1v) is 4.34. The fraction of sp³-hybridized carbons (Fsp3) is 0.273. The third kappa shape index (κ3) is 1.81. The molecule has 1 aromatic carbocycles. The van der Waals surface area contributed by atoms with Crippen LogP contribution in [0.25, 0.3) is 0 Å². The number of aryl methyl sites for hydroxylation is 2. The van der Waals surface area contributed by atoms with E-state index in [0.717, 1.165) is 11.1 Å². The Bertz CT molecular complexity index is 416. The summed E-state index contributed by atoms with van der Waals surface area (Å²) in [4.78, 5) is 11.4. The van der Waals surface area contributed by atoms with Gasteiger partial charge in [-0.1, -0.05) is 6.07 Å². The molecule has 0 spiro atoms. The number of benzene rings is 1. The number of hydrogen-bond acceptors (Lipinski definition) is 3. The minimum atomic E-state index is -0.126. The minimum Gasteiger partial charge on any atom is -0.324 e. The summed E-state index contributed by atoms with van der Waals surface area (Å²) in [5.41, 5.74) is 8.12. The van der Waals surface area contributed by atoms with Crippen LogP contribution < -0.4 is 5.73 Å². The lowest BCUT2D eigenvalue weighted by Crippen LogP contribution is -2.15. The molecule has 0 heterocycles. The Morgan fingerprint density at radius 1 is 1.43 bits per heavy atom. The van der Waals surface area contributed by atoms with Crippen molar-refractivity contribution in [1.29, 1.82) is 5.26 Å². The molecule has 0 fully saturated rings. The van der Waals surface area contributed by atoms with Crippen molar-refractivity contribution in [1.82, 2.24) is 0 Å². The maximum atomic E-state index is 11.4. The van der Waals surface area contributed by atoms with Crippen LogP contribution in [0.15, 0.2) is 12.1 Å². The summed E-state index contributed by atoms with van der Waals surface area (Å²) >= 11 is 0. The fourth-order valence-electron chi connectivity index (χ4n) is 1.38. The van der Waals surface area contributed by atoms with Crippen LogP contribution in [-0.2, 0) is 0 Å². The van der Waals surface area contributed by atoms with Crippen molar-refractivity contribution < 1.29 is 4.79 Å². The summed E-state index contributed by atoms with van der Waals surface area (Å²) in [6.07, 6.45) is 0. The van der Waals surface area contributed by atoms with Crippen molar-refractivity contribution in [3.05, 3.63) is 34.4 Å². The number of hydrogen-bond donors (Lipinski definition) is 1. The molecule has 0 saturated heterocycles. The topological polar surface area (TPSA) is 66.9 Å². The van der Waals surface area contributed by atoms with E-state index in [9.17, 15) is 4.79 Å². The van der Waals surface area contributed by atoms with Gasteiger partial charge in [-0.15, -0.1) is 0 Å². The maximum absolute atomic E-state index is 11.4. The van der Waals surface area contributed by atoms with E-state index in [1.54, 1.807) is 6.07 Å². The van der Waals surface area contributed by atoms with E-state index in [2.05, 4.69) is 0 Å². The molecule has 72 valence electrons. The van der Waals surface area contributed by atoms with Crippen LogP contribution in [0.3, 0.4) is 0 Å². The minimum absolute atomic E-state index is 0.0191. The zero-order valence-electron chi connectivity index (χ0n) is 8.29. The molecule has 0 saturated carbocycles. The first kappa shape index (κ1) is 10.4. The van der Waals surface area contributed by atoms with Gasteiger partial charge < -0.3 is 5.73 Å². The molecule has 3 nitrogen and oxygen atoms in total.